The highest BCUT2D eigenvalue weighted by molar-refractivity contribution is 5.91. The number of benzene rings is 1. The highest BCUT2D eigenvalue weighted by Gasteiger charge is 2.38. The van der Waals surface area contributed by atoms with Crippen LogP contribution in [0.4, 0.5) is 10.5 Å². The zero-order valence-electron chi connectivity index (χ0n) is 12.7. The van der Waals surface area contributed by atoms with Crippen LogP contribution in [0.1, 0.15) is 38.7 Å². The van der Waals surface area contributed by atoms with E-state index < -0.39 is 11.9 Å². The lowest BCUT2D eigenvalue weighted by Crippen LogP contribution is -2.40. The Kier molecular flexibility index (Phi) is 4.50. The Balaban J connectivity index is 2.11. The second kappa shape index (κ2) is 6.16. The maximum absolute atomic E-state index is 12.4. The van der Waals surface area contributed by atoms with Crippen molar-refractivity contribution in [3.63, 3.8) is 0 Å². The number of hydrogen-bond acceptors (Lipinski definition) is 2. The van der Waals surface area contributed by atoms with Gasteiger partial charge < -0.3 is 15.3 Å². The largest absolute Gasteiger partial charge is 0.481 e. The first kappa shape index (κ1) is 15.4. The van der Waals surface area contributed by atoms with Crippen LogP contribution in [0, 0.1) is 5.92 Å². The maximum Gasteiger partial charge on any atom is 0.322 e. The van der Waals surface area contributed by atoms with Gasteiger partial charge in [0.15, 0.2) is 0 Å². The van der Waals surface area contributed by atoms with Crippen molar-refractivity contribution in [1.29, 1.82) is 0 Å². The highest BCUT2D eigenvalue weighted by Crippen LogP contribution is 2.27. The summed E-state index contributed by atoms with van der Waals surface area (Å²) >= 11 is 0. The fourth-order valence-electron chi connectivity index (χ4n) is 2.86. The third kappa shape index (κ3) is 3.17. The average Bonchev–Trinajstić information content (AvgIpc) is 2.81. The quantitative estimate of drug-likeness (QED) is 0.898. The number of aliphatic carboxylic acids is 1. The van der Waals surface area contributed by atoms with Crippen LogP contribution in [-0.2, 0) is 4.79 Å². The number of nitrogens with zero attached hydrogens (tertiary/aromatic N) is 1. The molecule has 5 nitrogen and oxygen atoms in total. The monoisotopic (exact) mass is 290 g/mol. The molecule has 5 heteroatoms. The number of anilines is 1. The zero-order valence-corrected chi connectivity index (χ0v) is 12.7. The van der Waals surface area contributed by atoms with Gasteiger partial charge in [-0.15, -0.1) is 0 Å². The van der Waals surface area contributed by atoms with Gasteiger partial charge in [-0.1, -0.05) is 32.0 Å². The Morgan fingerprint density at radius 2 is 2.00 bits per heavy atom. The predicted octanol–water partition coefficient (Wildman–Crippen LogP) is 3.14. The molecule has 1 heterocycles. The molecule has 0 aliphatic carbocycles. The molecule has 1 aliphatic heterocycles. The van der Waals surface area contributed by atoms with Crippen molar-refractivity contribution in [2.45, 2.75) is 39.2 Å². The van der Waals surface area contributed by atoms with E-state index in [9.17, 15) is 9.59 Å². The second-order valence-electron chi connectivity index (χ2n) is 5.84. The van der Waals surface area contributed by atoms with Crippen molar-refractivity contribution < 1.29 is 14.7 Å². The lowest BCUT2D eigenvalue weighted by atomic mass is 10.0. The summed E-state index contributed by atoms with van der Waals surface area (Å²) in [6, 6.07) is 7.20. The molecule has 0 bridgehead atoms. The molecule has 1 aliphatic rings. The standard InChI is InChI=1S/C16H22N2O3/c1-10(2)12-6-4-5-7-14(12)17-16(21)18-9-8-13(11(18)3)15(19)20/h4-7,10-11,13H,8-9H2,1-3H3,(H,17,21)(H,19,20). The number of carbonyl (C=O) groups excluding carboxylic acids is 1. The van der Waals surface area contributed by atoms with Crippen LogP contribution in [0.2, 0.25) is 0 Å². The molecule has 2 atom stereocenters. The normalized spacial score (nSPS) is 21.6. The Morgan fingerprint density at radius 3 is 2.57 bits per heavy atom. The first-order chi connectivity index (χ1) is 9.91. The van der Waals surface area contributed by atoms with Crippen LogP contribution >= 0.6 is 0 Å². The van der Waals surface area contributed by atoms with Crippen molar-refractivity contribution in [3.8, 4) is 0 Å². The number of carboxylic acids is 1. The first-order valence-corrected chi connectivity index (χ1v) is 7.31. The van der Waals surface area contributed by atoms with E-state index in [0.29, 0.717) is 18.9 Å². The molecule has 1 aromatic carbocycles. The van der Waals surface area contributed by atoms with Crippen LogP contribution in [-0.4, -0.2) is 34.6 Å². The van der Waals surface area contributed by atoms with Gasteiger partial charge in [-0.2, -0.15) is 0 Å². The number of nitrogens with one attached hydrogen (secondary N) is 1. The van der Waals surface area contributed by atoms with Gasteiger partial charge >= 0.3 is 12.0 Å². The number of para-hydroxylation sites is 1. The van der Waals surface area contributed by atoms with Gasteiger partial charge in [-0.25, -0.2) is 4.79 Å². The molecule has 0 aromatic heterocycles. The SMILES string of the molecule is CC(C)c1ccccc1NC(=O)N1CCC(C(=O)O)C1C. The summed E-state index contributed by atoms with van der Waals surface area (Å²) < 4.78 is 0. The molecule has 1 fully saturated rings. The lowest BCUT2D eigenvalue weighted by molar-refractivity contribution is -0.142. The summed E-state index contributed by atoms with van der Waals surface area (Å²) in [5, 5.41) is 12.0. The van der Waals surface area contributed by atoms with Gasteiger partial charge in [0.05, 0.1) is 5.92 Å². The van der Waals surface area contributed by atoms with Gasteiger partial charge in [0.2, 0.25) is 0 Å². The van der Waals surface area contributed by atoms with Crippen LogP contribution in [0.25, 0.3) is 0 Å². The minimum absolute atomic E-state index is 0.223. The Labute approximate surface area is 125 Å². The van der Waals surface area contributed by atoms with E-state index in [2.05, 4.69) is 19.2 Å². The Hall–Kier alpha value is -2.04. The first-order valence-electron chi connectivity index (χ1n) is 7.31. The van der Waals surface area contributed by atoms with Gasteiger partial charge in [0.25, 0.3) is 0 Å². The molecule has 2 N–H and O–H groups in total. The van der Waals surface area contributed by atoms with Crippen molar-refractivity contribution in [3.05, 3.63) is 29.8 Å². The lowest BCUT2D eigenvalue weighted by Gasteiger charge is -2.24. The number of carboxylic acid groups (broad SMARTS) is 1. The number of rotatable bonds is 3. The van der Waals surface area contributed by atoms with Crippen molar-refractivity contribution >= 4 is 17.7 Å². The molecule has 0 spiro atoms. The van der Waals surface area contributed by atoms with Gasteiger partial charge in [-0.05, 0) is 30.9 Å². The van der Waals surface area contributed by atoms with Crippen LogP contribution < -0.4 is 5.32 Å². The maximum atomic E-state index is 12.4. The van der Waals surface area contributed by atoms with Crippen molar-refractivity contribution in [2.24, 2.45) is 5.92 Å². The number of urea groups is 1. The summed E-state index contributed by atoms with van der Waals surface area (Å²) in [5.74, 6) is -0.999. The molecular formula is C16H22N2O3. The van der Waals surface area contributed by atoms with Gasteiger partial charge in [-0.3, -0.25) is 4.79 Å². The van der Waals surface area contributed by atoms with E-state index in [-0.39, 0.29) is 12.1 Å². The van der Waals surface area contributed by atoms with Gasteiger partial charge in [0, 0.05) is 18.3 Å². The molecule has 1 saturated heterocycles. The fraction of sp³-hybridized carbons (Fsp3) is 0.500. The number of carbonyl (C=O) groups is 2. The fourth-order valence-corrected chi connectivity index (χ4v) is 2.86. The molecule has 2 amide bonds. The third-order valence-electron chi connectivity index (χ3n) is 4.16. The third-order valence-corrected chi connectivity index (χ3v) is 4.16. The predicted molar refractivity (Wildman–Crippen MR) is 81.5 cm³/mol. The molecule has 0 saturated carbocycles. The van der Waals surface area contributed by atoms with Crippen LogP contribution in [0.3, 0.4) is 0 Å². The molecule has 2 unspecified atom stereocenters. The molecular weight excluding hydrogens is 268 g/mol. The van der Waals surface area contributed by atoms with E-state index in [0.717, 1.165) is 11.3 Å². The average molecular weight is 290 g/mol. The summed E-state index contributed by atoms with van der Waals surface area (Å²) in [4.78, 5) is 25.1. The molecule has 2 rings (SSSR count). The zero-order chi connectivity index (χ0) is 15.6. The van der Waals surface area contributed by atoms with E-state index in [1.54, 1.807) is 11.8 Å². The van der Waals surface area contributed by atoms with Crippen LogP contribution in [0.15, 0.2) is 24.3 Å². The van der Waals surface area contributed by atoms with E-state index in [4.69, 9.17) is 5.11 Å². The molecule has 1 aromatic rings. The summed E-state index contributed by atoms with van der Waals surface area (Å²) in [5.41, 5.74) is 1.87. The number of likely N-dealkylation sites (tertiary alicyclic amines) is 1. The Bertz CT molecular complexity index is 542. The van der Waals surface area contributed by atoms with Crippen molar-refractivity contribution in [2.75, 3.05) is 11.9 Å². The summed E-state index contributed by atoms with van der Waals surface area (Å²) in [6.45, 7) is 6.42. The summed E-state index contributed by atoms with van der Waals surface area (Å²) in [6.07, 6.45) is 0.510. The minimum Gasteiger partial charge on any atom is -0.481 e. The minimum atomic E-state index is -0.833. The van der Waals surface area contributed by atoms with Crippen LogP contribution in [0.5, 0.6) is 0 Å². The van der Waals surface area contributed by atoms with Crippen molar-refractivity contribution in [1.82, 2.24) is 4.90 Å². The topological polar surface area (TPSA) is 69.6 Å². The molecule has 114 valence electrons. The Morgan fingerprint density at radius 1 is 1.33 bits per heavy atom. The number of amides is 2. The van der Waals surface area contributed by atoms with E-state index in [1.165, 1.54) is 0 Å². The second-order valence-corrected chi connectivity index (χ2v) is 5.84. The summed E-state index contributed by atoms with van der Waals surface area (Å²) in [7, 11) is 0. The molecule has 21 heavy (non-hydrogen) atoms. The van der Waals surface area contributed by atoms with E-state index >= 15 is 0 Å². The van der Waals surface area contributed by atoms with E-state index in [1.807, 2.05) is 24.3 Å². The smallest absolute Gasteiger partial charge is 0.322 e. The molecule has 0 radical (unpaired) electrons. The highest BCUT2D eigenvalue weighted by atomic mass is 16.4. The van der Waals surface area contributed by atoms with Gasteiger partial charge in [0.1, 0.15) is 0 Å². The number of hydrogen-bond donors (Lipinski definition) is 2.